The van der Waals surface area contributed by atoms with Crippen LogP contribution in [0.4, 0.5) is 29.0 Å². The smallest absolute Gasteiger partial charge is 0.318 e. The Hall–Kier alpha value is -5.97. The Labute approximate surface area is 419 Å². The van der Waals surface area contributed by atoms with Crippen LogP contribution in [0.25, 0.3) is 10.8 Å². The van der Waals surface area contributed by atoms with E-state index < -0.39 is 0 Å². The Morgan fingerprint density at radius 1 is 1.01 bits per heavy atom. The number of carbonyl (C=O) groups excluding carboxylic acids is 1. The molecule has 4 atom stereocenters. The third kappa shape index (κ3) is 10.1. The van der Waals surface area contributed by atoms with Crippen molar-refractivity contribution in [2.24, 2.45) is 11.1 Å². The number of amides is 1. The molecule has 0 saturated carbocycles. The van der Waals surface area contributed by atoms with Crippen LogP contribution in [0.2, 0.25) is 5.02 Å². The lowest BCUT2D eigenvalue weighted by atomic mass is 9.73. The standard InChI is InChI=1S/C33H39N7O2.C18H24ClN7OS/c1-4-30(41)40-19-18-39(20-25(40)13-15-34)32-27-14-17-38(29-12-6-10-24-9-5-8-23(2)31(24)29)21-28(27)35-33(36-32)42-22-26-11-7-16-37(26)3;1-10-14(20)18(9-27-10)3-6-26(7-4-18)12-8-24-17(16(22)25-12)28-11-2-5-23-15(21)13(11)19/h4-6,8-10,12,25-26H,1,7,11,13-14,16-22H2,2-3H3;2,5,8,10,14H,3-4,6-7,9,20H2,1H3,(H2,21,23)(H2,22,25). The van der Waals surface area contributed by atoms with Crippen molar-refractivity contribution in [3.05, 3.63) is 89.4 Å². The highest BCUT2D eigenvalue weighted by molar-refractivity contribution is 7.99. The number of nitrogen functional groups attached to an aromatic ring is 2. The number of pyridine rings is 1. The van der Waals surface area contributed by atoms with Gasteiger partial charge in [0.1, 0.15) is 29.1 Å². The lowest BCUT2D eigenvalue weighted by molar-refractivity contribution is -0.128. The van der Waals surface area contributed by atoms with E-state index in [9.17, 15) is 10.1 Å². The lowest BCUT2D eigenvalue weighted by Gasteiger charge is -2.42. The quantitative estimate of drug-likeness (QED) is 0.132. The Kier molecular flexibility index (Phi) is 14.8. The molecule has 6 N–H and O–H groups in total. The summed E-state index contributed by atoms with van der Waals surface area (Å²) in [5, 5.41) is 13.0. The largest absolute Gasteiger partial charge is 0.462 e. The van der Waals surface area contributed by atoms with Crippen LogP contribution < -0.4 is 36.6 Å². The van der Waals surface area contributed by atoms with Crippen molar-refractivity contribution in [2.75, 3.05) is 92.2 Å². The number of nitriles is 1. The molecule has 368 valence electrons. The van der Waals surface area contributed by atoms with Crippen molar-refractivity contribution in [3.8, 4) is 12.1 Å². The molecule has 17 nitrogen and oxygen atoms in total. The summed E-state index contributed by atoms with van der Waals surface area (Å²) >= 11 is 7.53. The molecule has 4 saturated heterocycles. The number of piperidine rings is 1. The minimum Gasteiger partial charge on any atom is -0.462 e. The van der Waals surface area contributed by atoms with E-state index in [2.05, 4.69) is 104 Å². The summed E-state index contributed by atoms with van der Waals surface area (Å²) in [6.07, 6.45) is 10.1. The van der Waals surface area contributed by atoms with Crippen LogP contribution in [0.5, 0.6) is 6.01 Å². The number of anilines is 5. The number of nitrogens with two attached hydrogens (primary N) is 3. The van der Waals surface area contributed by atoms with Gasteiger partial charge in [-0.1, -0.05) is 60.3 Å². The third-order valence-corrected chi connectivity index (χ3v) is 16.4. The number of aromatic nitrogens is 5. The summed E-state index contributed by atoms with van der Waals surface area (Å²) in [5.74, 6) is 2.16. The van der Waals surface area contributed by atoms with Gasteiger partial charge >= 0.3 is 6.01 Å². The number of likely N-dealkylation sites (N-methyl/N-ethyl adjacent to an activating group) is 1. The molecule has 10 rings (SSSR count). The monoisotopic (exact) mass is 986 g/mol. The number of hydrogen-bond donors (Lipinski definition) is 3. The van der Waals surface area contributed by atoms with Gasteiger partial charge in [0.15, 0.2) is 5.82 Å². The maximum absolute atomic E-state index is 12.5. The second kappa shape index (κ2) is 21.2. The van der Waals surface area contributed by atoms with E-state index in [1.807, 2.05) is 0 Å². The first-order chi connectivity index (χ1) is 33.9. The Bertz CT molecular complexity index is 2760. The number of nitrogens with zero attached hydrogens (tertiary/aromatic N) is 11. The van der Waals surface area contributed by atoms with Gasteiger partial charge in [0.05, 0.1) is 54.7 Å². The molecule has 5 aliphatic rings. The van der Waals surface area contributed by atoms with E-state index in [4.69, 9.17) is 48.2 Å². The highest BCUT2D eigenvalue weighted by atomic mass is 35.5. The van der Waals surface area contributed by atoms with Gasteiger partial charge in [-0.15, -0.1) is 0 Å². The molecule has 19 heteroatoms. The third-order valence-electron chi connectivity index (χ3n) is 14.9. The predicted molar refractivity (Wildman–Crippen MR) is 276 cm³/mol. The van der Waals surface area contributed by atoms with Crippen molar-refractivity contribution < 1.29 is 14.3 Å². The zero-order valence-electron chi connectivity index (χ0n) is 40.3. The number of piperazine rings is 1. The molecule has 4 fully saturated rings. The fourth-order valence-electron chi connectivity index (χ4n) is 10.7. The molecule has 0 radical (unpaired) electrons. The van der Waals surface area contributed by atoms with Gasteiger partial charge in [-0.25, -0.2) is 15.0 Å². The van der Waals surface area contributed by atoms with E-state index >= 15 is 0 Å². The number of benzene rings is 2. The number of fused-ring (bicyclic) bond motifs is 2. The summed E-state index contributed by atoms with van der Waals surface area (Å²) < 4.78 is 12.1. The molecule has 2 aromatic carbocycles. The second-order valence-electron chi connectivity index (χ2n) is 19.1. The summed E-state index contributed by atoms with van der Waals surface area (Å²) in [7, 11) is 2.14. The minimum absolute atomic E-state index is 0.0721. The lowest BCUT2D eigenvalue weighted by Crippen LogP contribution is -2.55. The van der Waals surface area contributed by atoms with E-state index in [0.717, 1.165) is 86.3 Å². The minimum atomic E-state index is -0.227. The first-order valence-electron chi connectivity index (χ1n) is 24.2. The molecule has 4 unspecified atom stereocenters. The number of carbonyl (C=O) groups is 1. The molecule has 8 heterocycles. The number of hydrogen-bond acceptors (Lipinski definition) is 17. The van der Waals surface area contributed by atoms with Crippen molar-refractivity contribution in [2.45, 2.75) is 93.1 Å². The van der Waals surface area contributed by atoms with Crippen LogP contribution in [-0.2, 0) is 22.5 Å². The Morgan fingerprint density at radius 2 is 1.81 bits per heavy atom. The van der Waals surface area contributed by atoms with E-state index in [-0.39, 0.29) is 41.7 Å². The highest BCUT2D eigenvalue weighted by Crippen LogP contribution is 2.43. The van der Waals surface area contributed by atoms with Gasteiger partial charge in [0.2, 0.25) is 5.91 Å². The molecular formula is C51H63ClN14O3S. The highest BCUT2D eigenvalue weighted by Gasteiger charge is 2.47. The van der Waals surface area contributed by atoms with Gasteiger partial charge in [-0.3, -0.25) is 4.79 Å². The Balaban J connectivity index is 0.000000188. The van der Waals surface area contributed by atoms with E-state index in [1.54, 1.807) is 23.4 Å². The molecule has 70 heavy (non-hydrogen) atoms. The average molecular weight is 988 g/mol. The summed E-state index contributed by atoms with van der Waals surface area (Å²) in [4.78, 5) is 47.2. The van der Waals surface area contributed by atoms with Gasteiger partial charge in [0, 0.05) is 84.5 Å². The van der Waals surface area contributed by atoms with Gasteiger partial charge in [-0.2, -0.15) is 15.2 Å². The van der Waals surface area contributed by atoms with Gasteiger partial charge in [-0.05, 0) is 88.7 Å². The average Bonchev–Trinajstić information content (AvgIpc) is 3.91. The summed E-state index contributed by atoms with van der Waals surface area (Å²) in [5.41, 5.74) is 23.0. The number of likely N-dealkylation sites (tertiary alicyclic amines) is 1. The van der Waals surface area contributed by atoms with Crippen molar-refractivity contribution >= 4 is 69.0 Å². The number of halogens is 1. The van der Waals surface area contributed by atoms with Gasteiger partial charge < -0.3 is 51.2 Å². The van der Waals surface area contributed by atoms with Crippen molar-refractivity contribution in [3.63, 3.8) is 0 Å². The molecule has 0 bridgehead atoms. The van der Waals surface area contributed by atoms with Crippen LogP contribution >= 0.6 is 23.4 Å². The summed E-state index contributed by atoms with van der Waals surface area (Å²) in [6.45, 7) is 15.2. The van der Waals surface area contributed by atoms with Crippen LogP contribution in [0, 0.1) is 23.7 Å². The van der Waals surface area contributed by atoms with Gasteiger partial charge in [0.25, 0.3) is 0 Å². The molecule has 5 aromatic rings. The number of aryl methyl sites for hydroxylation is 1. The Morgan fingerprint density at radius 3 is 2.53 bits per heavy atom. The van der Waals surface area contributed by atoms with Crippen LogP contribution in [-0.4, -0.2) is 131 Å². The van der Waals surface area contributed by atoms with Crippen molar-refractivity contribution in [1.82, 2.24) is 34.7 Å². The predicted octanol–water partition coefficient (Wildman–Crippen LogP) is 6.26. The normalized spacial score (nSPS) is 22.1. The first kappa shape index (κ1) is 49.0. The fraction of sp³-hybridized carbons (Fsp3) is 0.471. The molecular weight excluding hydrogens is 924 g/mol. The SMILES string of the molecule is C=CC(=O)N1CCN(c2nc(OCC3CCCN3C)nc3c2CCN(c2cccc4cccc(C)c24)C3)CC1CC#N.CC1OCC2(CCN(c3cnc(Sc4ccnc(N)c4Cl)c(N)n3)CC2)C1N. The van der Waals surface area contributed by atoms with Crippen LogP contribution in [0.15, 0.2) is 77.4 Å². The zero-order valence-corrected chi connectivity index (χ0v) is 41.8. The maximum Gasteiger partial charge on any atom is 0.318 e. The van der Waals surface area contributed by atoms with E-state index in [0.29, 0.717) is 60.7 Å². The molecule has 0 aliphatic carbocycles. The zero-order chi connectivity index (χ0) is 49.1. The second-order valence-corrected chi connectivity index (χ2v) is 20.5. The van der Waals surface area contributed by atoms with Crippen molar-refractivity contribution in [1.29, 1.82) is 5.26 Å². The molecule has 5 aliphatic heterocycles. The summed E-state index contributed by atoms with van der Waals surface area (Å²) in [6, 6.07) is 17.6. The first-order valence-corrected chi connectivity index (χ1v) is 25.4. The number of rotatable bonds is 10. The van der Waals surface area contributed by atoms with Crippen LogP contribution in [0.3, 0.4) is 0 Å². The van der Waals surface area contributed by atoms with E-state index in [1.165, 1.54) is 46.3 Å². The molecule has 3 aromatic heterocycles. The topological polar surface area (TPSA) is 218 Å². The molecule has 1 amide bonds. The number of ether oxygens (including phenoxy) is 2. The fourth-order valence-corrected chi connectivity index (χ4v) is 11.7. The molecule has 1 spiro atoms. The maximum atomic E-state index is 12.5. The van der Waals surface area contributed by atoms with Crippen LogP contribution in [0.1, 0.15) is 55.8 Å².